The van der Waals surface area contributed by atoms with Crippen molar-refractivity contribution >= 4 is 8.32 Å². The summed E-state index contributed by atoms with van der Waals surface area (Å²) in [5, 5.41) is 22.0. The molecular weight excluding hydrogens is 386 g/mol. The summed E-state index contributed by atoms with van der Waals surface area (Å²) < 4.78 is 6.86. The van der Waals surface area contributed by atoms with Gasteiger partial charge in [0.05, 0.1) is 17.6 Å². The summed E-state index contributed by atoms with van der Waals surface area (Å²) in [5.41, 5.74) is -0.495. The molecule has 3 nitrogen and oxygen atoms in total. The van der Waals surface area contributed by atoms with Crippen LogP contribution in [-0.4, -0.2) is 25.1 Å². The zero-order valence-corrected chi connectivity index (χ0v) is 21.6. The molecule has 1 N–H and O–H groups in total. The van der Waals surface area contributed by atoms with Gasteiger partial charge in [0, 0.05) is 11.5 Å². The molecule has 0 aromatic heterocycles. The Labute approximate surface area is 186 Å². The molecule has 4 rings (SSSR count). The van der Waals surface area contributed by atoms with E-state index < -0.39 is 13.9 Å². The third-order valence-electron chi connectivity index (χ3n) is 11.2. The van der Waals surface area contributed by atoms with Crippen LogP contribution in [0.15, 0.2) is 0 Å². The molecule has 8 atom stereocenters. The fourth-order valence-electron chi connectivity index (χ4n) is 8.09. The third kappa shape index (κ3) is 3.09. The summed E-state index contributed by atoms with van der Waals surface area (Å²) in [7, 11) is -1.73. The number of hydrogen-bond acceptors (Lipinski definition) is 3. The Bertz CT molecular complexity index is 724. The predicted octanol–water partition coefficient (Wildman–Crippen LogP) is 6.67. The summed E-state index contributed by atoms with van der Waals surface area (Å²) in [6.45, 7) is 16.6. The van der Waals surface area contributed by atoms with Gasteiger partial charge >= 0.3 is 0 Å². The van der Waals surface area contributed by atoms with Gasteiger partial charge in [0.15, 0.2) is 8.32 Å². The van der Waals surface area contributed by atoms with Crippen LogP contribution in [0.4, 0.5) is 0 Å². The van der Waals surface area contributed by atoms with Gasteiger partial charge in [0.1, 0.15) is 0 Å². The van der Waals surface area contributed by atoms with Gasteiger partial charge in [-0.1, -0.05) is 34.6 Å². The van der Waals surface area contributed by atoms with E-state index in [9.17, 15) is 10.4 Å². The first-order valence-corrected chi connectivity index (χ1v) is 15.5. The van der Waals surface area contributed by atoms with Crippen LogP contribution in [0.3, 0.4) is 0 Å². The van der Waals surface area contributed by atoms with Crippen LogP contribution in [0.25, 0.3) is 0 Å². The Kier molecular flexibility index (Phi) is 5.37. The Morgan fingerprint density at radius 1 is 0.967 bits per heavy atom. The summed E-state index contributed by atoms with van der Waals surface area (Å²) >= 11 is 0. The molecule has 0 aromatic rings. The number of rotatable bonds is 2. The van der Waals surface area contributed by atoms with Gasteiger partial charge in [-0.15, -0.1) is 0 Å². The summed E-state index contributed by atoms with van der Waals surface area (Å²) in [5.74, 6) is 1.75. The molecule has 170 valence electrons. The van der Waals surface area contributed by atoms with Crippen LogP contribution in [0.5, 0.6) is 0 Å². The van der Waals surface area contributed by atoms with Gasteiger partial charge in [0.2, 0.25) is 0 Å². The monoisotopic (exact) mass is 431 g/mol. The first-order valence-electron chi connectivity index (χ1n) is 12.6. The number of hydrogen-bond donors (Lipinski definition) is 1. The van der Waals surface area contributed by atoms with E-state index in [2.05, 4.69) is 53.8 Å². The molecule has 0 aliphatic heterocycles. The highest BCUT2D eigenvalue weighted by molar-refractivity contribution is 6.74. The third-order valence-corrected chi connectivity index (χ3v) is 15.8. The van der Waals surface area contributed by atoms with E-state index in [-0.39, 0.29) is 16.4 Å². The Morgan fingerprint density at radius 2 is 1.67 bits per heavy atom. The van der Waals surface area contributed by atoms with Gasteiger partial charge in [-0.25, -0.2) is 0 Å². The molecule has 30 heavy (non-hydrogen) atoms. The quantitative estimate of drug-likeness (QED) is 0.496. The van der Waals surface area contributed by atoms with Crippen molar-refractivity contribution in [3.8, 4) is 6.07 Å². The largest absolute Gasteiger partial charge is 0.414 e. The van der Waals surface area contributed by atoms with Gasteiger partial charge in [-0.05, 0) is 99.1 Å². The van der Waals surface area contributed by atoms with E-state index in [0.717, 1.165) is 31.6 Å². The van der Waals surface area contributed by atoms with Crippen LogP contribution >= 0.6 is 0 Å². The SMILES string of the molecule is CC(C)(C)[Si](C)(C)O[C@H]1CC[C@@]2(C)[C@H](CC[C@@H]3[C@@H]2CC[C@]2(C)[C@@H](C#N)CC[C@]32O)C1. The predicted molar refractivity (Wildman–Crippen MR) is 124 cm³/mol. The topological polar surface area (TPSA) is 53.2 Å². The van der Waals surface area contributed by atoms with Gasteiger partial charge in [-0.3, -0.25) is 0 Å². The molecule has 0 amide bonds. The summed E-state index contributed by atoms with van der Waals surface area (Å²) in [4.78, 5) is 0. The fourth-order valence-corrected chi connectivity index (χ4v) is 9.49. The fraction of sp³-hybridized carbons (Fsp3) is 0.962. The number of nitriles is 1. The molecule has 4 saturated carbocycles. The van der Waals surface area contributed by atoms with Crippen molar-refractivity contribution in [2.24, 2.45) is 34.5 Å². The highest BCUT2D eigenvalue weighted by atomic mass is 28.4. The van der Waals surface area contributed by atoms with Crippen LogP contribution in [0.1, 0.15) is 92.4 Å². The van der Waals surface area contributed by atoms with Crippen molar-refractivity contribution in [3.63, 3.8) is 0 Å². The van der Waals surface area contributed by atoms with Gasteiger partial charge < -0.3 is 9.53 Å². The molecule has 0 unspecified atom stereocenters. The van der Waals surface area contributed by atoms with Crippen LogP contribution in [0, 0.1) is 45.8 Å². The van der Waals surface area contributed by atoms with Gasteiger partial charge in [-0.2, -0.15) is 5.26 Å². The van der Waals surface area contributed by atoms with E-state index in [1.54, 1.807) is 0 Å². The molecule has 4 aliphatic rings. The van der Waals surface area contributed by atoms with Crippen molar-refractivity contribution in [1.29, 1.82) is 5.26 Å². The maximum absolute atomic E-state index is 12.0. The molecule has 4 fully saturated rings. The zero-order valence-electron chi connectivity index (χ0n) is 20.6. The highest BCUT2D eigenvalue weighted by Gasteiger charge is 2.67. The van der Waals surface area contributed by atoms with E-state index in [1.807, 2.05) is 0 Å². The number of aliphatic hydroxyl groups is 1. The average Bonchev–Trinajstić information content (AvgIpc) is 2.92. The first kappa shape index (κ1) is 22.8. The van der Waals surface area contributed by atoms with E-state index in [0.29, 0.717) is 23.4 Å². The molecule has 0 radical (unpaired) electrons. The van der Waals surface area contributed by atoms with Crippen molar-refractivity contribution in [3.05, 3.63) is 0 Å². The normalized spacial score (nSPS) is 49.0. The van der Waals surface area contributed by atoms with E-state index >= 15 is 0 Å². The van der Waals surface area contributed by atoms with Crippen LogP contribution < -0.4 is 0 Å². The minimum atomic E-state index is -1.73. The molecule has 0 heterocycles. The van der Waals surface area contributed by atoms with Crippen LogP contribution in [0.2, 0.25) is 18.1 Å². The lowest BCUT2D eigenvalue weighted by molar-refractivity contribution is -0.206. The second kappa shape index (κ2) is 7.06. The van der Waals surface area contributed by atoms with Crippen molar-refractivity contribution in [2.45, 2.75) is 122 Å². The standard InChI is InChI=1S/C26H45NO2Si/c1-23(2,3)30(6,7)29-20-11-13-24(4)18(16-20)8-9-22-21(24)12-14-25(5)19(17-27)10-15-26(22,25)28/h18-22,28H,8-16H2,1-7H3/t18-,19-,20+,21+,22-,24+,25-,26+/m1/s1. The minimum absolute atomic E-state index is 0.0303. The molecule has 4 heteroatoms. The van der Waals surface area contributed by atoms with Crippen molar-refractivity contribution in [1.82, 2.24) is 0 Å². The smallest absolute Gasteiger partial charge is 0.192 e. The lowest BCUT2D eigenvalue weighted by Gasteiger charge is -2.63. The number of nitrogens with zero attached hydrogens (tertiary/aromatic N) is 1. The number of fused-ring (bicyclic) bond motifs is 5. The maximum atomic E-state index is 12.0. The Hall–Kier alpha value is -0.373. The van der Waals surface area contributed by atoms with Crippen molar-refractivity contribution < 1.29 is 9.53 Å². The van der Waals surface area contributed by atoms with Crippen molar-refractivity contribution in [2.75, 3.05) is 0 Å². The van der Waals surface area contributed by atoms with Crippen LogP contribution in [-0.2, 0) is 4.43 Å². The van der Waals surface area contributed by atoms with E-state index in [1.165, 1.54) is 32.1 Å². The van der Waals surface area contributed by atoms with E-state index in [4.69, 9.17) is 4.43 Å². The minimum Gasteiger partial charge on any atom is -0.414 e. The average molecular weight is 432 g/mol. The first-order chi connectivity index (χ1) is 13.8. The molecule has 4 aliphatic carbocycles. The maximum Gasteiger partial charge on any atom is 0.192 e. The Balaban J connectivity index is 1.52. The molecule has 0 bridgehead atoms. The summed E-state index contributed by atoms with van der Waals surface area (Å²) in [6.07, 6.45) is 10.4. The second-order valence-electron chi connectivity index (χ2n) is 13.4. The van der Waals surface area contributed by atoms with Gasteiger partial charge in [0.25, 0.3) is 0 Å². The second-order valence-corrected chi connectivity index (χ2v) is 18.1. The zero-order chi connectivity index (χ0) is 22.2. The lowest BCUT2D eigenvalue weighted by Crippen LogP contribution is -2.62. The molecule has 0 aromatic carbocycles. The highest BCUT2D eigenvalue weighted by Crippen LogP contribution is 2.69. The lowest BCUT2D eigenvalue weighted by atomic mass is 9.43. The molecular formula is C26H45NO2Si. The molecule has 0 spiro atoms. The summed E-state index contributed by atoms with van der Waals surface area (Å²) in [6, 6.07) is 2.56. The Morgan fingerprint density at radius 3 is 2.30 bits per heavy atom. The molecule has 0 saturated heterocycles.